The normalized spacial score (nSPS) is 21.5. The minimum atomic E-state index is -1.04. The Morgan fingerprint density at radius 3 is 2.32 bits per heavy atom. The molecule has 2 fully saturated rings. The number of hydrogen-bond acceptors (Lipinski definition) is 2. The summed E-state index contributed by atoms with van der Waals surface area (Å²) in [6, 6.07) is 11.2. The van der Waals surface area contributed by atoms with E-state index in [1.807, 2.05) is 18.2 Å². The lowest BCUT2D eigenvalue weighted by molar-refractivity contribution is -0.134. The zero-order chi connectivity index (χ0) is 19.8. The molecule has 0 radical (unpaired) electrons. The van der Waals surface area contributed by atoms with Gasteiger partial charge in [0.25, 0.3) is 5.91 Å². The van der Waals surface area contributed by atoms with E-state index in [2.05, 4.69) is 22.0 Å². The van der Waals surface area contributed by atoms with Crippen molar-refractivity contribution in [3.8, 4) is 0 Å². The third kappa shape index (κ3) is 3.81. The fourth-order valence-electron chi connectivity index (χ4n) is 3.75. The number of halogens is 3. The maximum atomic E-state index is 13.4. The highest BCUT2D eigenvalue weighted by molar-refractivity contribution is 9.10. The van der Waals surface area contributed by atoms with Crippen molar-refractivity contribution in [2.45, 2.75) is 12.3 Å². The molecule has 2 amide bonds. The summed E-state index contributed by atoms with van der Waals surface area (Å²) < 4.78 is 27.4. The molecule has 1 aliphatic heterocycles. The maximum Gasteiger partial charge on any atom is 0.254 e. The average molecular weight is 449 g/mol. The molecule has 2 aromatic carbocycles. The van der Waals surface area contributed by atoms with E-state index < -0.39 is 11.6 Å². The van der Waals surface area contributed by atoms with Gasteiger partial charge in [-0.2, -0.15) is 0 Å². The van der Waals surface area contributed by atoms with Crippen molar-refractivity contribution in [1.82, 2.24) is 9.80 Å². The molecule has 146 valence electrons. The van der Waals surface area contributed by atoms with Gasteiger partial charge in [0.15, 0.2) is 11.6 Å². The van der Waals surface area contributed by atoms with E-state index in [1.54, 1.807) is 9.80 Å². The van der Waals surface area contributed by atoms with Gasteiger partial charge in [-0.05, 0) is 48.2 Å². The van der Waals surface area contributed by atoms with Gasteiger partial charge in [0, 0.05) is 42.1 Å². The molecule has 0 N–H and O–H groups in total. The highest BCUT2D eigenvalue weighted by Gasteiger charge is 2.46. The van der Waals surface area contributed by atoms with E-state index >= 15 is 0 Å². The second-order valence-corrected chi connectivity index (χ2v) is 8.17. The summed E-state index contributed by atoms with van der Waals surface area (Å²) in [7, 11) is 0. The van der Waals surface area contributed by atoms with Crippen LogP contribution in [-0.2, 0) is 4.79 Å². The number of amides is 2. The molecule has 0 bridgehead atoms. The Hall–Kier alpha value is -2.28. The molecular weight excluding hydrogens is 430 g/mol. The molecule has 4 nitrogen and oxygen atoms in total. The summed E-state index contributed by atoms with van der Waals surface area (Å²) in [6.07, 6.45) is 0.850. The molecule has 2 aliphatic rings. The topological polar surface area (TPSA) is 40.6 Å². The van der Waals surface area contributed by atoms with Gasteiger partial charge in [-0.3, -0.25) is 9.59 Å². The second kappa shape index (κ2) is 7.62. The summed E-state index contributed by atoms with van der Waals surface area (Å²) in [6.45, 7) is 1.68. The van der Waals surface area contributed by atoms with Crippen molar-refractivity contribution in [3.63, 3.8) is 0 Å². The van der Waals surface area contributed by atoms with Crippen molar-refractivity contribution in [3.05, 3.63) is 69.7 Å². The Bertz CT molecular complexity index is 928. The van der Waals surface area contributed by atoms with E-state index in [0.29, 0.717) is 26.2 Å². The van der Waals surface area contributed by atoms with Crippen molar-refractivity contribution < 1.29 is 18.4 Å². The Morgan fingerprint density at radius 2 is 1.64 bits per heavy atom. The van der Waals surface area contributed by atoms with Gasteiger partial charge in [-0.15, -0.1) is 0 Å². The minimum absolute atomic E-state index is 0.00254. The van der Waals surface area contributed by atoms with Crippen molar-refractivity contribution >= 4 is 27.7 Å². The molecule has 0 aromatic heterocycles. The monoisotopic (exact) mass is 448 g/mol. The van der Waals surface area contributed by atoms with E-state index in [0.717, 1.165) is 23.0 Å². The first kappa shape index (κ1) is 19.1. The molecule has 2 atom stereocenters. The molecule has 2 aromatic rings. The van der Waals surface area contributed by atoms with Gasteiger partial charge in [0.05, 0.1) is 0 Å². The summed E-state index contributed by atoms with van der Waals surface area (Å²) in [5.41, 5.74) is 1.29. The van der Waals surface area contributed by atoms with Crippen LogP contribution < -0.4 is 0 Å². The highest BCUT2D eigenvalue weighted by atomic mass is 79.9. The number of hydrogen-bond donors (Lipinski definition) is 0. The summed E-state index contributed by atoms with van der Waals surface area (Å²) in [4.78, 5) is 28.6. The lowest BCUT2D eigenvalue weighted by atomic mass is 10.1. The Labute approximate surface area is 170 Å². The maximum absolute atomic E-state index is 13.4. The largest absolute Gasteiger partial charge is 0.339 e. The van der Waals surface area contributed by atoms with Gasteiger partial charge in [-0.1, -0.05) is 28.1 Å². The van der Waals surface area contributed by atoms with Crippen molar-refractivity contribution in [1.29, 1.82) is 0 Å². The smallest absolute Gasteiger partial charge is 0.254 e. The van der Waals surface area contributed by atoms with Crippen LogP contribution in [0.15, 0.2) is 46.9 Å². The van der Waals surface area contributed by atoms with E-state index in [1.165, 1.54) is 11.6 Å². The Balaban J connectivity index is 1.33. The van der Waals surface area contributed by atoms with E-state index in [9.17, 15) is 18.4 Å². The van der Waals surface area contributed by atoms with Crippen LogP contribution >= 0.6 is 15.9 Å². The first-order valence-electron chi connectivity index (χ1n) is 9.22. The zero-order valence-electron chi connectivity index (χ0n) is 15.1. The van der Waals surface area contributed by atoms with Crippen LogP contribution in [0.25, 0.3) is 0 Å². The van der Waals surface area contributed by atoms with Crippen LogP contribution in [0.2, 0.25) is 0 Å². The second-order valence-electron chi connectivity index (χ2n) is 7.25. The predicted molar refractivity (Wildman–Crippen MR) is 104 cm³/mol. The third-order valence-corrected chi connectivity index (χ3v) is 5.92. The van der Waals surface area contributed by atoms with Crippen LogP contribution in [0.5, 0.6) is 0 Å². The minimum Gasteiger partial charge on any atom is -0.339 e. The van der Waals surface area contributed by atoms with Gasteiger partial charge >= 0.3 is 0 Å². The molecule has 2 unspecified atom stereocenters. The molecule has 0 spiro atoms. The zero-order valence-corrected chi connectivity index (χ0v) is 16.7. The van der Waals surface area contributed by atoms with Gasteiger partial charge in [0.2, 0.25) is 5.91 Å². The van der Waals surface area contributed by atoms with E-state index in [-0.39, 0.29) is 29.2 Å². The lowest BCUT2D eigenvalue weighted by Crippen LogP contribution is -2.51. The number of benzene rings is 2. The number of carbonyl (C=O) groups excluding carboxylic acids is 2. The predicted octanol–water partition coefficient (Wildman–Crippen LogP) is 3.82. The first-order valence-corrected chi connectivity index (χ1v) is 10.0. The van der Waals surface area contributed by atoms with Gasteiger partial charge in [0.1, 0.15) is 0 Å². The third-order valence-electron chi connectivity index (χ3n) is 5.43. The average Bonchev–Trinajstić information content (AvgIpc) is 3.50. The molecule has 4 rings (SSSR count). The van der Waals surface area contributed by atoms with Crippen LogP contribution in [0.3, 0.4) is 0 Å². The van der Waals surface area contributed by atoms with E-state index in [4.69, 9.17) is 0 Å². The van der Waals surface area contributed by atoms with Crippen molar-refractivity contribution in [2.24, 2.45) is 5.92 Å². The summed E-state index contributed by atoms with van der Waals surface area (Å²) >= 11 is 3.46. The van der Waals surface area contributed by atoms with Gasteiger partial charge < -0.3 is 9.80 Å². The molecule has 7 heteroatoms. The number of nitrogens with zero attached hydrogens (tertiary/aromatic N) is 2. The molecule has 1 aliphatic carbocycles. The fraction of sp³-hybridized carbons (Fsp3) is 0.333. The molecular formula is C21H19BrF2N2O2. The highest BCUT2D eigenvalue weighted by Crippen LogP contribution is 2.48. The molecule has 1 saturated heterocycles. The standard InChI is InChI=1S/C21H19BrF2N2O2/c22-15-3-1-2-13(10-15)16-12-17(16)21(28)26-8-6-25(7-9-26)20(27)14-4-5-18(23)19(24)11-14/h1-5,10-11,16-17H,6-9,12H2. The van der Waals surface area contributed by atoms with Gasteiger partial charge in [-0.25, -0.2) is 8.78 Å². The SMILES string of the molecule is O=C(c1ccc(F)c(F)c1)N1CCN(C(=O)C2CC2c2cccc(Br)c2)CC1. The molecule has 1 saturated carbocycles. The molecule has 1 heterocycles. The van der Waals surface area contributed by atoms with Crippen molar-refractivity contribution in [2.75, 3.05) is 26.2 Å². The quantitative estimate of drug-likeness (QED) is 0.715. The van der Waals surface area contributed by atoms with Crippen LogP contribution in [0.4, 0.5) is 8.78 Å². The lowest BCUT2D eigenvalue weighted by Gasteiger charge is -2.35. The molecule has 28 heavy (non-hydrogen) atoms. The Kier molecular flexibility index (Phi) is 5.19. The summed E-state index contributed by atoms with van der Waals surface area (Å²) in [5.74, 6) is -1.97. The first-order chi connectivity index (χ1) is 13.4. The summed E-state index contributed by atoms with van der Waals surface area (Å²) in [5, 5.41) is 0. The number of rotatable bonds is 3. The van der Waals surface area contributed by atoms with Crippen LogP contribution in [-0.4, -0.2) is 47.8 Å². The van der Waals surface area contributed by atoms with Crippen LogP contribution in [0.1, 0.15) is 28.3 Å². The Morgan fingerprint density at radius 1 is 0.929 bits per heavy atom. The number of piperazine rings is 1. The number of carbonyl (C=O) groups is 2. The fourth-order valence-corrected chi connectivity index (χ4v) is 4.17. The van der Waals surface area contributed by atoms with Crippen LogP contribution in [0, 0.1) is 17.6 Å².